The van der Waals surface area contributed by atoms with Crippen molar-refractivity contribution in [1.82, 2.24) is 14.9 Å². The number of nitrogens with one attached hydrogen (secondary N) is 1. The summed E-state index contributed by atoms with van der Waals surface area (Å²) in [5.74, 6) is 1.33. The SMILES string of the molecule is COc1ccc(C(NC(=O)/C=C/c2cccc3ccccc23)c2nccn2C)cc1. The minimum atomic E-state index is -0.374. The zero-order chi connectivity index (χ0) is 20.9. The first-order valence-electron chi connectivity index (χ1n) is 9.73. The van der Waals surface area contributed by atoms with Crippen LogP contribution in [0.5, 0.6) is 5.75 Å². The summed E-state index contributed by atoms with van der Waals surface area (Å²) in [4.78, 5) is 17.2. The van der Waals surface area contributed by atoms with Crippen LogP contribution in [0, 0.1) is 0 Å². The number of nitrogens with zero attached hydrogens (tertiary/aromatic N) is 2. The summed E-state index contributed by atoms with van der Waals surface area (Å²) in [6, 6.07) is 21.4. The number of imidazole rings is 1. The van der Waals surface area contributed by atoms with E-state index in [4.69, 9.17) is 4.74 Å². The molecule has 0 bridgehead atoms. The van der Waals surface area contributed by atoms with Gasteiger partial charge in [-0.05, 0) is 40.1 Å². The first kappa shape index (κ1) is 19.5. The number of ether oxygens (including phenoxy) is 1. The lowest BCUT2D eigenvalue weighted by Crippen LogP contribution is -2.29. The Bertz CT molecular complexity index is 1190. The van der Waals surface area contributed by atoms with Crippen LogP contribution in [0.3, 0.4) is 0 Å². The molecule has 3 aromatic carbocycles. The first-order valence-corrected chi connectivity index (χ1v) is 9.73. The number of benzene rings is 3. The molecule has 4 aromatic rings. The molecule has 1 N–H and O–H groups in total. The highest BCUT2D eigenvalue weighted by molar-refractivity contribution is 5.97. The fraction of sp³-hybridized carbons (Fsp3) is 0.120. The second kappa shape index (κ2) is 8.66. The van der Waals surface area contributed by atoms with Gasteiger partial charge in [0.25, 0.3) is 0 Å². The molecule has 0 aliphatic carbocycles. The molecule has 0 fully saturated rings. The standard InChI is InChI=1S/C25H23N3O2/c1-28-17-16-26-25(28)24(20-10-13-21(30-2)14-11-20)27-23(29)15-12-19-8-5-7-18-6-3-4-9-22(18)19/h3-17,24H,1-2H3,(H,27,29)/b15-12+. The highest BCUT2D eigenvalue weighted by atomic mass is 16.5. The normalized spacial score (nSPS) is 12.2. The number of fused-ring (bicyclic) bond motifs is 1. The molecule has 0 saturated heterocycles. The molecule has 1 atom stereocenters. The third-order valence-electron chi connectivity index (χ3n) is 5.09. The minimum Gasteiger partial charge on any atom is -0.497 e. The van der Waals surface area contributed by atoms with Gasteiger partial charge in [-0.2, -0.15) is 0 Å². The van der Waals surface area contributed by atoms with Gasteiger partial charge in [0.15, 0.2) is 0 Å². The Hall–Kier alpha value is -3.86. The van der Waals surface area contributed by atoms with Crippen molar-refractivity contribution in [3.05, 3.63) is 102 Å². The summed E-state index contributed by atoms with van der Waals surface area (Å²) in [5, 5.41) is 5.34. The predicted octanol–water partition coefficient (Wildman–Crippen LogP) is 4.50. The molecule has 4 rings (SSSR count). The maximum absolute atomic E-state index is 12.8. The van der Waals surface area contributed by atoms with Crippen molar-refractivity contribution in [2.75, 3.05) is 7.11 Å². The zero-order valence-corrected chi connectivity index (χ0v) is 16.9. The molecule has 5 heteroatoms. The van der Waals surface area contributed by atoms with Crippen molar-refractivity contribution in [3.63, 3.8) is 0 Å². The highest BCUT2D eigenvalue weighted by Crippen LogP contribution is 2.23. The van der Waals surface area contributed by atoms with Crippen LogP contribution in [0.1, 0.15) is 23.0 Å². The Morgan fingerprint density at radius 2 is 1.83 bits per heavy atom. The molecule has 30 heavy (non-hydrogen) atoms. The molecule has 0 aliphatic rings. The number of hydrogen-bond donors (Lipinski definition) is 1. The minimum absolute atomic E-state index is 0.188. The zero-order valence-electron chi connectivity index (χ0n) is 16.9. The molecule has 1 amide bonds. The molecule has 0 radical (unpaired) electrons. The molecule has 0 saturated carbocycles. The molecule has 1 heterocycles. The van der Waals surface area contributed by atoms with E-state index in [9.17, 15) is 4.79 Å². The van der Waals surface area contributed by atoms with E-state index in [1.165, 1.54) is 0 Å². The van der Waals surface area contributed by atoms with Crippen LogP contribution in [-0.2, 0) is 11.8 Å². The Morgan fingerprint density at radius 3 is 2.57 bits per heavy atom. The van der Waals surface area contributed by atoms with Gasteiger partial charge < -0.3 is 14.6 Å². The second-order valence-electron chi connectivity index (χ2n) is 7.01. The van der Waals surface area contributed by atoms with Gasteiger partial charge in [0.2, 0.25) is 5.91 Å². The summed E-state index contributed by atoms with van der Waals surface area (Å²) < 4.78 is 7.15. The van der Waals surface area contributed by atoms with Crippen molar-refractivity contribution >= 4 is 22.8 Å². The van der Waals surface area contributed by atoms with Crippen LogP contribution >= 0.6 is 0 Å². The van der Waals surface area contributed by atoms with Gasteiger partial charge >= 0.3 is 0 Å². The van der Waals surface area contributed by atoms with Crippen molar-refractivity contribution < 1.29 is 9.53 Å². The average molecular weight is 397 g/mol. The number of methoxy groups -OCH3 is 1. The van der Waals surface area contributed by atoms with Crippen LogP contribution in [0.2, 0.25) is 0 Å². The molecule has 1 aromatic heterocycles. The Kier molecular flexibility index (Phi) is 5.61. The lowest BCUT2D eigenvalue weighted by atomic mass is 10.0. The fourth-order valence-corrected chi connectivity index (χ4v) is 3.50. The molecule has 0 spiro atoms. The van der Waals surface area contributed by atoms with Gasteiger partial charge in [0, 0.05) is 25.5 Å². The topological polar surface area (TPSA) is 56.1 Å². The first-order chi connectivity index (χ1) is 14.7. The molecular formula is C25H23N3O2. The van der Waals surface area contributed by atoms with Crippen LogP contribution in [0.4, 0.5) is 0 Å². The summed E-state index contributed by atoms with van der Waals surface area (Å²) >= 11 is 0. The molecule has 5 nitrogen and oxygen atoms in total. The number of amides is 1. The third-order valence-corrected chi connectivity index (χ3v) is 5.09. The van der Waals surface area contributed by atoms with Crippen molar-refractivity contribution in [3.8, 4) is 5.75 Å². The number of carbonyl (C=O) groups is 1. The van der Waals surface area contributed by atoms with Crippen molar-refractivity contribution in [2.24, 2.45) is 7.05 Å². The van der Waals surface area contributed by atoms with Gasteiger partial charge in [-0.15, -0.1) is 0 Å². The number of hydrogen-bond acceptors (Lipinski definition) is 3. The average Bonchev–Trinajstić information content (AvgIpc) is 3.21. The van der Waals surface area contributed by atoms with E-state index in [1.807, 2.05) is 72.4 Å². The summed E-state index contributed by atoms with van der Waals surface area (Å²) in [6.45, 7) is 0. The van der Waals surface area contributed by atoms with Crippen LogP contribution in [0.15, 0.2) is 85.2 Å². The summed E-state index contributed by atoms with van der Waals surface area (Å²) in [7, 11) is 3.54. The molecule has 0 aliphatic heterocycles. The summed E-state index contributed by atoms with van der Waals surface area (Å²) in [5.41, 5.74) is 1.93. The van der Waals surface area contributed by atoms with Gasteiger partial charge in [0.1, 0.15) is 17.6 Å². The van der Waals surface area contributed by atoms with E-state index in [-0.39, 0.29) is 11.9 Å². The van der Waals surface area contributed by atoms with Gasteiger partial charge in [-0.3, -0.25) is 4.79 Å². The highest BCUT2D eigenvalue weighted by Gasteiger charge is 2.20. The largest absolute Gasteiger partial charge is 0.497 e. The quantitative estimate of drug-likeness (QED) is 0.488. The van der Waals surface area contributed by atoms with Crippen LogP contribution in [0.25, 0.3) is 16.8 Å². The van der Waals surface area contributed by atoms with E-state index >= 15 is 0 Å². The maximum atomic E-state index is 12.8. The van der Waals surface area contributed by atoms with Gasteiger partial charge in [0.05, 0.1) is 7.11 Å². The van der Waals surface area contributed by atoms with Gasteiger partial charge in [-0.1, -0.05) is 54.6 Å². The lowest BCUT2D eigenvalue weighted by Gasteiger charge is -2.18. The molecule has 150 valence electrons. The van der Waals surface area contributed by atoms with Crippen molar-refractivity contribution in [1.29, 1.82) is 0 Å². The number of aryl methyl sites for hydroxylation is 1. The number of aromatic nitrogens is 2. The molecule has 1 unspecified atom stereocenters. The second-order valence-corrected chi connectivity index (χ2v) is 7.01. The van der Waals surface area contributed by atoms with E-state index in [0.29, 0.717) is 0 Å². The Balaban J connectivity index is 1.60. The van der Waals surface area contributed by atoms with Crippen LogP contribution < -0.4 is 10.1 Å². The van der Waals surface area contributed by atoms with E-state index < -0.39 is 0 Å². The van der Waals surface area contributed by atoms with E-state index in [1.54, 1.807) is 19.4 Å². The number of carbonyl (C=O) groups excluding carboxylic acids is 1. The monoisotopic (exact) mass is 397 g/mol. The predicted molar refractivity (Wildman–Crippen MR) is 119 cm³/mol. The fourth-order valence-electron chi connectivity index (χ4n) is 3.50. The maximum Gasteiger partial charge on any atom is 0.244 e. The van der Waals surface area contributed by atoms with E-state index in [2.05, 4.69) is 28.5 Å². The van der Waals surface area contributed by atoms with Gasteiger partial charge in [-0.25, -0.2) is 4.98 Å². The lowest BCUT2D eigenvalue weighted by molar-refractivity contribution is -0.117. The third kappa shape index (κ3) is 4.10. The summed E-state index contributed by atoms with van der Waals surface area (Å²) in [6.07, 6.45) is 7.01. The smallest absolute Gasteiger partial charge is 0.244 e. The Morgan fingerprint density at radius 1 is 1.07 bits per heavy atom. The molecular weight excluding hydrogens is 374 g/mol. The van der Waals surface area contributed by atoms with Crippen LogP contribution in [-0.4, -0.2) is 22.6 Å². The Labute approximate surface area is 175 Å². The number of rotatable bonds is 6. The van der Waals surface area contributed by atoms with Crippen molar-refractivity contribution in [2.45, 2.75) is 6.04 Å². The van der Waals surface area contributed by atoms with E-state index in [0.717, 1.165) is 33.5 Å².